The monoisotopic (exact) mass is 421 g/mol. The Labute approximate surface area is 176 Å². The highest BCUT2D eigenvalue weighted by Crippen LogP contribution is 2.24. The van der Waals surface area contributed by atoms with Crippen LogP contribution in [-0.4, -0.2) is 28.4 Å². The standard InChI is InChI=1S/C22H16ClN3O4/c1-29-22(28)15-9-10-26-19(11-15)24-13-20(26)25-21(27)14-5-7-17(8-6-14)30-18-4-2-3-16(23)12-18/h2-13H,1H3,(H,25,27). The number of ether oxygens (including phenoxy) is 2. The highest BCUT2D eigenvalue weighted by molar-refractivity contribution is 6.30. The Morgan fingerprint density at radius 2 is 1.80 bits per heavy atom. The van der Waals surface area contributed by atoms with Crippen LogP contribution in [0.1, 0.15) is 20.7 Å². The molecule has 0 spiro atoms. The van der Waals surface area contributed by atoms with Gasteiger partial charge in [-0.25, -0.2) is 9.78 Å². The molecule has 4 rings (SSSR count). The molecule has 0 aliphatic carbocycles. The van der Waals surface area contributed by atoms with Crippen LogP contribution in [0, 0.1) is 0 Å². The summed E-state index contributed by atoms with van der Waals surface area (Å²) in [5.41, 5.74) is 1.34. The first kappa shape index (κ1) is 19.5. The van der Waals surface area contributed by atoms with E-state index in [4.69, 9.17) is 21.1 Å². The topological polar surface area (TPSA) is 81.9 Å². The summed E-state index contributed by atoms with van der Waals surface area (Å²) in [6.07, 6.45) is 3.16. The summed E-state index contributed by atoms with van der Waals surface area (Å²) >= 11 is 5.96. The number of pyridine rings is 1. The van der Waals surface area contributed by atoms with Crippen LogP contribution in [0.4, 0.5) is 5.82 Å². The molecule has 1 amide bonds. The van der Waals surface area contributed by atoms with E-state index < -0.39 is 5.97 Å². The van der Waals surface area contributed by atoms with Gasteiger partial charge in [-0.05, 0) is 54.6 Å². The van der Waals surface area contributed by atoms with E-state index in [9.17, 15) is 9.59 Å². The molecule has 0 aliphatic heterocycles. The van der Waals surface area contributed by atoms with E-state index in [1.807, 2.05) is 0 Å². The second-order valence-electron chi connectivity index (χ2n) is 6.32. The minimum Gasteiger partial charge on any atom is -0.465 e. The van der Waals surface area contributed by atoms with Crippen LogP contribution in [0.15, 0.2) is 73.1 Å². The number of carbonyl (C=O) groups is 2. The van der Waals surface area contributed by atoms with Gasteiger partial charge in [0.25, 0.3) is 5.91 Å². The average molecular weight is 422 g/mol. The van der Waals surface area contributed by atoms with Crippen molar-refractivity contribution in [2.75, 3.05) is 12.4 Å². The fourth-order valence-corrected chi connectivity index (χ4v) is 3.03. The number of hydrogen-bond donors (Lipinski definition) is 1. The third-order valence-electron chi connectivity index (χ3n) is 4.32. The number of carbonyl (C=O) groups excluding carboxylic acids is 2. The summed E-state index contributed by atoms with van der Waals surface area (Å²) in [4.78, 5) is 28.5. The fraction of sp³-hybridized carbons (Fsp3) is 0.0455. The van der Waals surface area contributed by atoms with Gasteiger partial charge in [0, 0.05) is 16.8 Å². The van der Waals surface area contributed by atoms with Crippen molar-refractivity contribution >= 4 is 34.9 Å². The fourth-order valence-electron chi connectivity index (χ4n) is 2.85. The maximum atomic E-state index is 12.6. The van der Waals surface area contributed by atoms with Crippen LogP contribution in [-0.2, 0) is 4.74 Å². The van der Waals surface area contributed by atoms with Gasteiger partial charge in [-0.15, -0.1) is 0 Å². The Kier molecular flexibility index (Phi) is 5.36. The Hall–Kier alpha value is -3.84. The molecule has 2 aromatic carbocycles. The number of nitrogens with zero attached hydrogens (tertiary/aromatic N) is 2. The van der Waals surface area contributed by atoms with Gasteiger partial charge in [0.2, 0.25) is 0 Å². The summed E-state index contributed by atoms with van der Waals surface area (Å²) in [7, 11) is 1.31. The Morgan fingerprint density at radius 1 is 1.00 bits per heavy atom. The molecule has 0 saturated heterocycles. The molecule has 0 unspecified atom stereocenters. The van der Waals surface area contributed by atoms with Gasteiger partial charge in [0.15, 0.2) is 0 Å². The van der Waals surface area contributed by atoms with E-state index in [2.05, 4.69) is 10.3 Å². The third kappa shape index (κ3) is 4.11. The number of benzene rings is 2. The molecule has 2 heterocycles. The van der Waals surface area contributed by atoms with Crippen molar-refractivity contribution in [3.63, 3.8) is 0 Å². The van der Waals surface area contributed by atoms with Crippen molar-refractivity contribution < 1.29 is 19.1 Å². The zero-order valence-electron chi connectivity index (χ0n) is 15.8. The lowest BCUT2D eigenvalue weighted by Crippen LogP contribution is -2.13. The highest BCUT2D eigenvalue weighted by Gasteiger charge is 2.12. The first-order valence-corrected chi connectivity index (χ1v) is 9.31. The lowest BCUT2D eigenvalue weighted by molar-refractivity contribution is 0.0600. The number of aromatic nitrogens is 2. The smallest absolute Gasteiger partial charge is 0.338 e. The van der Waals surface area contributed by atoms with Gasteiger partial charge < -0.3 is 14.8 Å². The van der Waals surface area contributed by atoms with Crippen molar-refractivity contribution in [1.82, 2.24) is 9.38 Å². The number of hydrogen-bond acceptors (Lipinski definition) is 5. The van der Waals surface area contributed by atoms with Crippen LogP contribution >= 0.6 is 11.6 Å². The molecule has 0 bridgehead atoms. The Bertz CT molecular complexity index is 1230. The van der Waals surface area contributed by atoms with Crippen molar-refractivity contribution in [2.24, 2.45) is 0 Å². The SMILES string of the molecule is COC(=O)c1ccn2c(NC(=O)c3ccc(Oc4cccc(Cl)c4)cc3)cnc2c1. The number of amides is 1. The molecule has 2 aromatic heterocycles. The minimum atomic E-state index is -0.453. The predicted molar refractivity (Wildman–Crippen MR) is 112 cm³/mol. The van der Waals surface area contributed by atoms with Gasteiger partial charge in [-0.3, -0.25) is 9.20 Å². The maximum absolute atomic E-state index is 12.6. The van der Waals surface area contributed by atoms with Crippen molar-refractivity contribution in [3.05, 3.63) is 89.2 Å². The number of methoxy groups -OCH3 is 1. The lowest BCUT2D eigenvalue weighted by atomic mass is 10.2. The number of rotatable bonds is 5. The molecule has 7 nitrogen and oxygen atoms in total. The number of nitrogens with one attached hydrogen (secondary N) is 1. The molecular formula is C22H16ClN3O4. The van der Waals surface area contributed by atoms with Crippen LogP contribution in [0.25, 0.3) is 5.65 Å². The van der Waals surface area contributed by atoms with E-state index in [0.29, 0.717) is 39.1 Å². The van der Waals surface area contributed by atoms with E-state index in [1.165, 1.54) is 13.3 Å². The zero-order chi connectivity index (χ0) is 21.1. The van der Waals surface area contributed by atoms with E-state index in [1.54, 1.807) is 71.3 Å². The predicted octanol–water partition coefficient (Wildman–Crippen LogP) is 4.82. The van der Waals surface area contributed by atoms with Gasteiger partial charge in [0.1, 0.15) is 23.0 Å². The van der Waals surface area contributed by atoms with Crippen LogP contribution in [0.2, 0.25) is 5.02 Å². The Balaban J connectivity index is 1.48. The largest absolute Gasteiger partial charge is 0.465 e. The molecule has 0 atom stereocenters. The maximum Gasteiger partial charge on any atom is 0.338 e. The van der Waals surface area contributed by atoms with E-state index in [-0.39, 0.29) is 5.91 Å². The zero-order valence-corrected chi connectivity index (χ0v) is 16.6. The average Bonchev–Trinajstić information content (AvgIpc) is 3.15. The molecule has 8 heteroatoms. The van der Waals surface area contributed by atoms with Crippen molar-refractivity contribution in [2.45, 2.75) is 0 Å². The van der Waals surface area contributed by atoms with Gasteiger partial charge in [0.05, 0.1) is 18.9 Å². The molecule has 30 heavy (non-hydrogen) atoms. The third-order valence-corrected chi connectivity index (χ3v) is 4.56. The van der Waals surface area contributed by atoms with Gasteiger partial charge in [-0.1, -0.05) is 17.7 Å². The summed E-state index contributed by atoms with van der Waals surface area (Å²) in [6, 6.07) is 17.0. The first-order chi connectivity index (χ1) is 14.5. The number of halogens is 1. The van der Waals surface area contributed by atoms with E-state index in [0.717, 1.165) is 0 Å². The second-order valence-corrected chi connectivity index (χ2v) is 6.75. The molecular weight excluding hydrogens is 406 g/mol. The van der Waals surface area contributed by atoms with Crippen molar-refractivity contribution in [3.8, 4) is 11.5 Å². The number of esters is 1. The molecule has 0 saturated carbocycles. The lowest BCUT2D eigenvalue weighted by Gasteiger charge is -2.08. The summed E-state index contributed by atoms with van der Waals surface area (Å²) < 4.78 is 12.1. The first-order valence-electron chi connectivity index (χ1n) is 8.94. The molecule has 150 valence electrons. The highest BCUT2D eigenvalue weighted by atomic mass is 35.5. The molecule has 0 radical (unpaired) electrons. The van der Waals surface area contributed by atoms with E-state index >= 15 is 0 Å². The number of imidazole rings is 1. The molecule has 1 N–H and O–H groups in total. The van der Waals surface area contributed by atoms with Crippen LogP contribution in [0.3, 0.4) is 0 Å². The Morgan fingerprint density at radius 3 is 2.53 bits per heavy atom. The molecule has 4 aromatic rings. The minimum absolute atomic E-state index is 0.303. The van der Waals surface area contributed by atoms with Gasteiger partial charge in [-0.2, -0.15) is 0 Å². The summed E-state index contributed by atoms with van der Waals surface area (Å²) in [6.45, 7) is 0. The molecule has 0 aliphatic rings. The normalized spacial score (nSPS) is 10.6. The second kappa shape index (κ2) is 8.26. The number of anilines is 1. The summed E-state index contributed by atoms with van der Waals surface area (Å²) in [5.74, 6) is 0.913. The quantitative estimate of drug-likeness (QED) is 0.467. The molecule has 0 fully saturated rings. The van der Waals surface area contributed by atoms with Crippen LogP contribution in [0.5, 0.6) is 11.5 Å². The summed E-state index contributed by atoms with van der Waals surface area (Å²) in [5, 5.41) is 3.39. The van der Waals surface area contributed by atoms with Crippen LogP contribution < -0.4 is 10.1 Å². The van der Waals surface area contributed by atoms with Gasteiger partial charge >= 0.3 is 5.97 Å². The van der Waals surface area contributed by atoms with Crippen molar-refractivity contribution in [1.29, 1.82) is 0 Å². The number of fused-ring (bicyclic) bond motifs is 1.